The van der Waals surface area contributed by atoms with Crippen LogP contribution in [0.3, 0.4) is 0 Å². The highest BCUT2D eigenvalue weighted by atomic mass is 32.2. The van der Waals surface area contributed by atoms with Crippen molar-refractivity contribution in [2.75, 3.05) is 29.5 Å². The summed E-state index contributed by atoms with van der Waals surface area (Å²) in [4.78, 5) is 2.12. The van der Waals surface area contributed by atoms with E-state index in [4.69, 9.17) is 5.26 Å². The van der Waals surface area contributed by atoms with E-state index in [1.165, 1.54) is 11.5 Å². The average molecular weight is 241 g/mol. The van der Waals surface area contributed by atoms with Crippen molar-refractivity contribution in [2.24, 2.45) is 0 Å². The van der Waals surface area contributed by atoms with Gasteiger partial charge in [-0.15, -0.1) is 0 Å². The molecule has 2 heterocycles. The number of nitriles is 1. The van der Waals surface area contributed by atoms with E-state index < -0.39 is 10.8 Å². The van der Waals surface area contributed by atoms with Crippen molar-refractivity contribution in [2.45, 2.75) is 6.92 Å². The van der Waals surface area contributed by atoms with E-state index in [0.717, 1.165) is 23.8 Å². The molecular weight excluding hydrogens is 230 g/mol. The number of aromatic nitrogens is 1. The molecule has 1 aliphatic rings. The highest BCUT2D eigenvalue weighted by molar-refractivity contribution is 7.85. The highest BCUT2D eigenvalue weighted by Crippen LogP contribution is 2.28. The summed E-state index contributed by atoms with van der Waals surface area (Å²) in [6, 6.07) is 2.18. The minimum Gasteiger partial charge on any atom is -0.359 e. The molecule has 1 saturated heterocycles. The van der Waals surface area contributed by atoms with E-state index in [0.29, 0.717) is 17.1 Å². The van der Waals surface area contributed by atoms with E-state index >= 15 is 0 Å². The Kier molecular flexibility index (Phi) is 3.03. The monoisotopic (exact) mass is 241 g/mol. The van der Waals surface area contributed by atoms with E-state index in [1.807, 2.05) is 6.92 Å². The van der Waals surface area contributed by atoms with Crippen molar-refractivity contribution in [3.63, 3.8) is 0 Å². The zero-order valence-corrected chi connectivity index (χ0v) is 10.0. The van der Waals surface area contributed by atoms with Gasteiger partial charge >= 0.3 is 0 Å². The SMILES string of the molecule is Cc1nsc(N2CCS(=O)CC2)c1C#N. The topological polar surface area (TPSA) is 57.0 Å². The second-order valence-corrected chi connectivity index (χ2v) is 5.84. The van der Waals surface area contributed by atoms with Crippen LogP contribution in [0.4, 0.5) is 5.00 Å². The molecule has 0 N–H and O–H groups in total. The van der Waals surface area contributed by atoms with Crippen molar-refractivity contribution < 1.29 is 4.21 Å². The van der Waals surface area contributed by atoms with Crippen LogP contribution < -0.4 is 4.90 Å². The van der Waals surface area contributed by atoms with E-state index in [2.05, 4.69) is 15.3 Å². The highest BCUT2D eigenvalue weighted by Gasteiger charge is 2.21. The molecule has 0 bridgehead atoms. The Bertz CT molecular complexity index is 425. The molecule has 1 aromatic rings. The van der Waals surface area contributed by atoms with Gasteiger partial charge in [-0.1, -0.05) is 0 Å². The molecular formula is C9H11N3OS2. The van der Waals surface area contributed by atoms with E-state index in [1.54, 1.807) is 0 Å². The molecule has 0 unspecified atom stereocenters. The van der Waals surface area contributed by atoms with Crippen LogP contribution in [0, 0.1) is 18.3 Å². The van der Waals surface area contributed by atoms with Crippen molar-refractivity contribution in [3.05, 3.63) is 11.3 Å². The fourth-order valence-electron chi connectivity index (χ4n) is 1.54. The summed E-state index contributed by atoms with van der Waals surface area (Å²) in [5, 5.41) is 9.94. The van der Waals surface area contributed by atoms with Gasteiger partial charge in [-0.25, -0.2) is 0 Å². The number of hydrogen-bond acceptors (Lipinski definition) is 5. The first-order valence-electron chi connectivity index (χ1n) is 4.68. The second kappa shape index (κ2) is 4.29. The maximum Gasteiger partial charge on any atom is 0.130 e. The summed E-state index contributed by atoms with van der Waals surface area (Å²) in [5.74, 6) is 1.39. The molecule has 0 spiro atoms. The number of nitrogens with zero attached hydrogens (tertiary/aromatic N) is 3. The van der Waals surface area contributed by atoms with Crippen LogP contribution in [-0.4, -0.2) is 33.2 Å². The molecule has 0 amide bonds. The number of aryl methyl sites for hydroxylation is 1. The Labute approximate surface area is 95.1 Å². The first-order chi connectivity index (χ1) is 7.22. The number of anilines is 1. The van der Waals surface area contributed by atoms with Gasteiger partial charge in [0.25, 0.3) is 0 Å². The maximum atomic E-state index is 11.2. The van der Waals surface area contributed by atoms with Crippen molar-refractivity contribution in [3.8, 4) is 6.07 Å². The van der Waals surface area contributed by atoms with E-state index in [9.17, 15) is 4.21 Å². The van der Waals surface area contributed by atoms with Gasteiger partial charge in [0.2, 0.25) is 0 Å². The van der Waals surface area contributed by atoms with Crippen molar-refractivity contribution in [1.82, 2.24) is 4.37 Å². The Morgan fingerprint density at radius 3 is 2.80 bits per heavy atom. The zero-order valence-electron chi connectivity index (χ0n) is 8.39. The molecule has 0 aliphatic carbocycles. The first-order valence-corrected chi connectivity index (χ1v) is 6.95. The predicted molar refractivity (Wildman–Crippen MR) is 61.7 cm³/mol. The summed E-state index contributed by atoms with van der Waals surface area (Å²) < 4.78 is 15.4. The molecule has 0 radical (unpaired) electrons. The lowest BCUT2D eigenvalue weighted by atomic mass is 10.2. The van der Waals surface area contributed by atoms with Crippen LogP contribution in [0.25, 0.3) is 0 Å². The largest absolute Gasteiger partial charge is 0.359 e. The normalized spacial score (nSPS) is 17.7. The van der Waals surface area contributed by atoms with Crippen molar-refractivity contribution in [1.29, 1.82) is 5.26 Å². The van der Waals surface area contributed by atoms with Crippen LogP contribution >= 0.6 is 11.5 Å². The van der Waals surface area contributed by atoms with Crippen LogP contribution in [0.1, 0.15) is 11.3 Å². The fourth-order valence-corrected chi connectivity index (χ4v) is 3.49. The minimum atomic E-state index is -0.677. The van der Waals surface area contributed by atoms with Crippen LogP contribution in [0.2, 0.25) is 0 Å². The summed E-state index contributed by atoms with van der Waals surface area (Å²) in [6.45, 7) is 3.38. The molecule has 0 saturated carbocycles. The van der Waals surface area contributed by atoms with Gasteiger partial charge in [0.15, 0.2) is 0 Å². The summed E-state index contributed by atoms with van der Waals surface area (Å²) >= 11 is 1.36. The van der Waals surface area contributed by atoms with Gasteiger partial charge in [0.1, 0.15) is 16.6 Å². The Morgan fingerprint density at radius 2 is 2.20 bits per heavy atom. The number of rotatable bonds is 1. The Balaban J connectivity index is 2.23. The molecule has 1 fully saturated rings. The minimum absolute atomic E-state index is 0.674. The maximum absolute atomic E-state index is 11.2. The smallest absolute Gasteiger partial charge is 0.130 e. The van der Waals surface area contributed by atoms with Gasteiger partial charge in [-0.2, -0.15) is 9.64 Å². The predicted octanol–water partition coefficient (Wildman–Crippen LogP) is 0.892. The fraction of sp³-hybridized carbons (Fsp3) is 0.556. The van der Waals surface area contributed by atoms with Gasteiger partial charge in [-0.3, -0.25) is 4.21 Å². The van der Waals surface area contributed by atoms with Crippen LogP contribution in [-0.2, 0) is 10.8 Å². The van der Waals surface area contributed by atoms with E-state index in [-0.39, 0.29) is 0 Å². The first kappa shape index (κ1) is 10.6. The lowest BCUT2D eigenvalue weighted by molar-refractivity contribution is 0.673. The molecule has 6 heteroatoms. The summed E-state index contributed by atoms with van der Waals surface area (Å²) in [6.07, 6.45) is 0. The molecule has 0 aromatic carbocycles. The summed E-state index contributed by atoms with van der Waals surface area (Å²) in [7, 11) is -0.677. The van der Waals surface area contributed by atoms with Crippen LogP contribution in [0.5, 0.6) is 0 Å². The molecule has 0 atom stereocenters. The van der Waals surface area contributed by atoms with Crippen molar-refractivity contribution >= 4 is 27.3 Å². The molecule has 2 rings (SSSR count). The van der Waals surface area contributed by atoms with Gasteiger partial charge in [-0.05, 0) is 18.5 Å². The number of hydrogen-bond donors (Lipinski definition) is 0. The molecule has 1 aliphatic heterocycles. The third-order valence-corrected chi connectivity index (χ3v) is 4.70. The third-order valence-electron chi connectivity index (χ3n) is 2.42. The second-order valence-electron chi connectivity index (χ2n) is 3.40. The third kappa shape index (κ3) is 2.03. The molecule has 4 nitrogen and oxygen atoms in total. The standard InChI is InChI=1S/C9H11N3OS2/c1-7-8(6-10)9(14-11-7)12-2-4-15(13)5-3-12/h2-5H2,1H3. The summed E-state index contributed by atoms with van der Waals surface area (Å²) in [5.41, 5.74) is 1.47. The lowest BCUT2D eigenvalue weighted by Crippen LogP contribution is -2.37. The quantitative estimate of drug-likeness (QED) is 0.733. The van der Waals surface area contributed by atoms with Gasteiger partial charge < -0.3 is 4.90 Å². The van der Waals surface area contributed by atoms with Crippen LogP contribution in [0.15, 0.2) is 0 Å². The average Bonchev–Trinajstić information content (AvgIpc) is 2.61. The Hall–Kier alpha value is -0.930. The lowest BCUT2D eigenvalue weighted by Gasteiger charge is -2.26. The molecule has 80 valence electrons. The molecule has 1 aromatic heterocycles. The van der Waals surface area contributed by atoms with Gasteiger partial charge in [0, 0.05) is 35.4 Å². The Morgan fingerprint density at radius 1 is 1.53 bits per heavy atom. The molecule has 15 heavy (non-hydrogen) atoms. The zero-order chi connectivity index (χ0) is 10.8. The van der Waals surface area contributed by atoms with Gasteiger partial charge in [0.05, 0.1) is 5.69 Å².